The Morgan fingerprint density at radius 3 is 2.17 bits per heavy atom. The Morgan fingerprint density at radius 2 is 1.48 bits per heavy atom. The number of ether oxygens (including phenoxy) is 4. The molecule has 4 aromatic carbocycles. The number of benzene rings is 4. The second kappa shape index (κ2) is 13.2. The minimum Gasteiger partial charge on any atom is -0.497 e. The number of amides is 1. The molecule has 0 saturated heterocycles. The Morgan fingerprint density at radius 1 is 0.833 bits per heavy atom. The topological polar surface area (TPSA) is 103 Å². The van der Waals surface area contributed by atoms with Gasteiger partial charge in [-0.25, -0.2) is 13.1 Å². The zero-order valence-corrected chi connectivity index (χ0v) is 24.7. The Hall–Kier alpha value is -4.19. The Labute approximate surface area is 249 Å². The molecule has 218 valence electrons. The molecule has 0 atom stereocenters. The fourth-order valence-electron chi connectivity index (χ4n) is 4.34. The van der Waals surface area contributed by atoms with E-state index >= 15 is 0 Å². The highest BCUT2D eigenvalue weighted by molar-refractivity contribution is 7.99. The monoisotopic (exact) mass is 606 g/mol. The maximum Gasteiger partial charge on any atom is 0.265 e. The van der Waals surface area contributed by atoms with Crippen molar-refractivity contribution in [2.45, 2.75) is 22.9 Å². The molecular formula is C31H30N2O7S2. The molecule has 9 nitrogen and oxygen atoms in total. The lowest BCUT2D eigenvalue weighted by Gasteiger charge is -2.22. The summed E-state index contributed by atoms with van der Waals surface area (Å²) < 4.78 is 49.5. The van der Waals surface area contributed by atoms with E-state index in [1.165, 1.54) is 38.5 Å². The molecule has 0 fully saturated rings. The Balaban J connectivity index is 1.29. The second-order valence-corrected chi connectivity index (χ2v) is 12.1. The van der Waals surface area contributed by atoms with Crippen molar-refractivity contribution < 1.29 is 32.2 Å². The number of fused-ring (bicyclic) bond motifs is 1. The van der Waals surface area contributed by atoms with Crippen LogP contribution in [0.5, 0.6) is 23.0 Å². The van der Waals surface area contributed by atoms with Crippen LogP contribution in [0.3, 0.4) is 0 Å². The third-order valence-electron chi connectivity index (χ3n) is 6.48. The fourth-order valence-corrected chi connectivity index (χ4v) is 6.18. The van der Waals surface area contributed by atoms with Gasteiger partial charge in [0.05, 0.1) is 19.1 Å². The van der Waals surface area contributed by atoms with Gasteiger partial charge in [0, 0.05) is 35.5 Å². The van der Waals surface area contributed by atoms with E-state index in [9.17, 15) is 13.2 Å². The Bertz CT molecular complexity index is 1620. The quantitative estimate of drug-likeness (QED) is 0.170. The smallest absolute Gasteiger partial charge is 0.265 e. The average molecular weight is 607 g/mol. The molecule has 1 heterocycles. The molecule has 1 amide bonds. The van der Waals surface area contributed by atoms with E-state index in [1.54, 1.807) is 30.0 Å². The number of hydrogen-bond acceptors (Lipinski definition) is 9. The van der Waals surface area contributed by atoms with Crippen LogP contribution >= 0.6 is 11.8 Å². The summed E-state index contributed by atoms with van der Waals surface area (Å²) in [5.41, 5.74) is 2.10. The van der Waals surface area contributed by atoms with Gasteiger partial charge in [-0.2, -0.15) is 0 Å². The highest BCUT2D eigenvalue weighted by Gasteiger charge is 2.21. The molecular weight excluding hydrogens is 576 g/mol. The number of nitrogens with zero attached hydrogens (tertiary/aromatic N) is 1. The van der Waals surface area contributed by atoms with Gasteiger partial charge in [0.2, 0.25) is 6.79 Å². The van der Waals surface area contributed by atoms with E-state index < -0.39 is 15.9 Å². The number of methoxy groups -OCH3 is 2. The van der Waals surface area contributed by atoms with Crippen molar-refractivity contribution in [1.29, 1.82) is 0 Å². The van der Waals surface area contributed by atoms with Crippen molar-refractivity contribution >= 4 is 27.7 Å². The van der Waals surface area contributed by atoms with Crippen LogP contribution in [-0.2, 0) is 23.1 Å². The normalized spacial score (nSPS) is 12.3. The average Bonchev–Trinajstić information content (AvgIpc) is 3.48. The summed E-state index contributed by atoms with van der Waals surface area (Å²) in [4.78, 5) is 16.2. The first kappa shape index (κ1) is 29.3. The van der Waals surface area contributed by atoms with E-state index in [2.05, 4.69) is 21.8 Å². The summed E-state index contributed by atoms with van der Waals surface area (Å²) in [6, 6.07) is 27.0. The highest BCUT2D eigenvalue weighted by Crippen LogP contribution is 2.33. The molecule has 1 aliphatic rings. The third kappa shape index (κ3) is 7.35. The molecule has 42 heavy (non-hydrogen) atoms. The summed E-state index contributed by atoms with van der Waals surface area (Å²) >= 11 is 1.72. The van der Waals surface area contributed by atoms with Crippen molar-refractivity contribution in [2.24, 2.45) is 0 Å². The van der Waals surface area contributed by atoms with Crippen LogP contribution in [0.1, 0.15) is 21.5 Å². The fraction of sp³-hybridized carbons (Fsp3) is 0.194. The van der Waals surface area contributed by atoms with Gasteiger partial charge in [-0.1, -0.05) is 36.4 Å². The molecule has 1 aliphatic heterocycles. The van der Waals surface area contributed by atoms with Crippen molar-refractivity contribution in [3.63, 3.8) is 0 Å². The second-order valence-electron chi connectivity index (χ2n) is 9.44. The van der Waals surface area contributed by atoms with Gasteiger partial charge in [-0.3, -0.25) is 9.69 Å². The summed E-state index contributed by atoms with van der Waals surface area (Å²) in [5.74, 6) is 2.13. The van der Waals surface area contributed by atoms with Gasteiger partial charge in [0.15, 0.2) is 11.5 Å². The number of carbonyl (C=O) groups is 1. The molecule has 0 unspecified atom stereocenters. The van der Waals surface area contributed by atoms with Gasteiger partial charge in [-0.15, -0.1) is 11.8 Å². The molecule has 0 radical (unpaired) electrons. The molecule has 11 heteroatoms. The number of nitrogens with one attached hydrogen (secondary N) is 1. The lowest BCUT2D eigenvalue weighted by molar-refractivity contribution is 0.0980. The molecule has 5 rings (SSSR count). The lowest BCUT2D eigenvalue weighted by Crippen LogP contribution is -2.30. The molecule has 0 aromatic heterocycles. The zero-order chi connectivity index (χ0) is 29.5. The number of thioether (sulfide) groups is 1. The SMILES string of the molecule is COc1cc(OC)cc(C(=O)NS(=O)(=O)c2ccc(CN(CSc3ccccc3)Cc3ccc4c(c3)OCO4)cc2)c1. The summed E-state index contributed by atoms with van der Waals surface area (Å²) in [5, 5.41) is 0. The summed E-state index contributed by atoms with van der Waals surface area (Å²) in [7, 11) is -1.22. The van der Waals surface area contributed by atoms with Crippen LogP contribution in [0.15, 0.2) is 101 Å². The van der Waals surface area contributed by atoms with Crippen LogP contribution in [0, 0.1) is 0 Å². The minimum atomic E-state index is -4.12. The summed E-state index contributed by atoms with van der Waals surface area (Å²) in [6.07, 6.45) is 0. The van der Waals surface area contributed by atoms with Crippen molar-refractivity contribution in [3.8, 4) is 23.0 Å². The molecule has 0 aliphatic carbocycles. The van der Waals surface area contributed by atoms with Gasteiger partial charge in [0.25, 0.3) is 15.9 Å². The molecule has 1 N–H and O–H groups in total. The van der Waals surface area contributed by atoms with Crippen LogP contribution in [0.2, 0.25) is 0 Å². The van der Waals surface area contributed by atoms with Crippen molar-refractivity contribution in [1.82, 2.24) is 9.62 Å². The minimum absolute atomic E-state index is 0.0181. The van der Waals surface area contributed by atoms with E-state index in [4.69, 9.17) is 18.9 Å². The Kier molecular flexibility index (Phi) is 9.21. The predicted molar refractivity (Wildman–Crippen MR) is 160 cm³/mol. The summed E-state index contributed by atoms with van der Waals surface area (Å²) in [6.45, 7) is 1.44. The van der Waals surface area contributed by atoms with Gasteiger partial charge < -0.3 is 18.9 Å². The van der Waals surface area contributed by atoms with Crippen molar-refractivity contribution in [3.05, 3.63) is 108 Å². The number of carbonyl (C=O) groups excluding carboxylic acids is 1. The first-order valence-electron chi connectivity index (χ1n) is 13.0. The molecule has 4 aromatic rings. The molecule has 0 bridgehead atoms. The van der Waals surface area contributed by atoms with E-state index in [0.29, 0.717) is 30.5 Å². The van der Waals surface area contributed by atoms with E-state index in [0.717, 1.165) is 27.5 Å². The van der Waals surface area contributed by atoms with Gasteiger partial charge >= 0.3 is 0 Å². The van der Waals surface area contributed by atoms with E-state index in [-0.39, 0.29) is 17.3 Å². The maximum absolute atomic E-state index is 13.0. The van der Waals surface area contributed by atoms with Gasteiger partial charge in [0.1, 0.15) is 11.5 Å². The largest absolute Gasteiger partial charge is 0.497 e. The lowest BCUT2D eigenvalue weighted by atomic mass is 10.1. The number of sulfonamides is 1. The number of rotatable bonds is 12. The third-order valence-corrected chi connectivity index (χ3v) is 8.93. The predicted octanol–water partition coefficient (Wildman–Crippen LogP) is 5.30. The number of hydrogen-bond donors (Lipinski definition) is 1. The molecule has 0 spiro atoms. The highest BCUT2D eigenvalue weighted by atomic mass is 32.2. The zero-order valence-electron chi connectivity index (χ0n) is 23.1. The van der Waals surface area contributed by atoms with Crippen LogP contribution in [-0.4, -0.2) is 46.1 Å². The van der Waals surface area contributed by atoms with Gasteiger partial charge in [-0.05, 0) is 59.7 Å². The van der Waals surface area contributed by atoms with E-state index in [1.807, 2.05) is 36.4 Å². The first-order valence-corrected chi connectivity index (χ1v) is 15.5. The van der Waals surface area contributed by atoms with Crippen LogP contribution in [0.4, 0.5) is 0 Å². The van der Waals surface area contributed by atoms with Crippen LogP contribution in [0.25, 0.3) is 0 Å². The standard InChI is InChI=1S/C31H30N2O7S2/c1-37-25-15-24(16-26(17-25)38-2)31(34)32-42(35,36)28-11-8-22(9-12-28)18-33(20-41-27-6-4-3-5-7-27)19-23-10-13-29-30(14-23)40-21-39-29/h3-17H,18-21H2,1-2H3,(H,32,34). The first-order chi connectivity index (χ1) is 20.3. The van der Waals surface area contributed by atoms with Crippen LogP contribution < -0.4 is 23.7 Å². The molecule has 0 saturated carbocycles. The van der Waals surface area contributed by atoms with Crippen molar-refractivity contribution in [2.75, 3.05) is 26.9 Å². The maximum atomic E-state index is 13.0.